The average Bonchev–Trinajstić information content (AvgIpc) is 2.91. The van der Waals surface area contributed by atoms with Crippen LogP contribution in [0.5, 0.6) is 0 Å². The van der Waals surface area contributed by atoms with Crippen molar-refractivity contribution in [2.45, 2.75) is 97.0 Å². The van der Waals surface area contributed by atoms with Crippen LogP contribution in [0.4, 0.5) is 0 Å². The fourth-order valence-electron chi connectivity index (χ4n) is 3.07. The molecule has 0 aromatic carbocycles. The van der Waals surface area contributed by atoms with Gasteiger partial charge in [0.1, 0.15) is 6.61 Å². The Kier molecular flexibility index (Phi) is 34.5. The summed E-state index contributed by atoms with van der Waals surface area (Å²) < 4.78 is 25.0. The quantitative estimate of drug-likeness (QED) is 0.0402. The SMILES string of the molecule is CC#CC#CC#CC#CC#CC#CC(=O)OC[C@H](COP(=O)([O-])[O-])OC(=O)CCCCCCCCCCCCC.[Na+].[Na+]. The molecule has 0 aliphatic heterocycles. The molecule has 0 bridgehead atoms. The molecular weight excluding hydrogens is 577 g/mol. The molecule has 0 amide bonds. The summed E-state index contributed by atoms with van der Waals surface area (Å²) >= 11 is 0. The van der Waals surface area contributed by atoms with E-state index in [1.165, 1.54) is 44.9 Å². The van der Waals surface area contributed by atoms with Crippen LogP contribution in [-0.2, 0) is 28.2 Å². The van der Waals surface area contributed by atoms with Gasteiger partial charge in [-0.15, -0.1) is 0 Å². The first-order chi connectivity index (χ1) is 19.3. The molecule has 0 saturated carbocycles. The van der Waals surface area contributed by atoms with E-state index < -0.39 is 39.1 Å². The van der Waals surface area contributed by atoms with Crippen LogP contribution in [-0.4, -0.2) is 31.3 Å². The first-order valence-corrected chi connectivity index (χ1v) is 14.7. The van der Waals surface area contributed by atoms with Crippen LogP contribution in [0, 0.1) is 71.0 Å². The molecule has 0 aromatic rings. The summed E-state index contributed by atoms with van der Waals surface area (Å²) in [5.41, 5.74) is 0. The Morgan fingerprint density at radius 3 is 1.62 bits per heavy atom. The van der Waals surface area contributed by atoms with Crippen molar-refractivity contribution < 1.29 is 97.1 Å². The standard InChI is InChI=1S/C31H37O8P.2Na/c1-3-5-7-9-11-13-15-17-19-21-23-25-30(32)37-27-29(28-38-40(34,35)36)39-31(33)26-24-22-20-18-16-14-12-10-8-6-4-2;;/h29H,4,6,8,10,12,14,16,18,20,22,24,26-28H2,1-2H3,(H2,34,35,36);;/q;2*+1/p-2/t29-;;/m1../s1. The minimum absolute atomic E-state index is 0. The van der Waals surface area contributed by atoms with Crippen LogP contribution in [0.25, 0.3) is 0 Å². The zero-order chi connectivity index (χ0) is 29.7. The minimum atomic E-state index is -5.31. The maximum atomic E-state index is 12.1. The van der Waals surface area contributed by atoms with Crippen molar-refractivity contribution in [1.29, 1.82) is 0 Å². The van der Waals surface area contributed by atoms with E-state index in [0.717, 1.165) is 19.3 Å². The molecule has 8 nitrogen and oxygen atoms in total. The number of hydrogen-bond donors (Lipinski definition) is 0. The van der Waals surface area contributed by atoms with E-state index in [2.05, 4.69) is 82.5 Å². The van der Waals surface area contributed by atoms with Crippen molar-refractivity contribution in [2.75, 3.05) is 13.2 Å². The van der Waals surface area contributed by atoms with Crippen LogP contribution in [0.3, 0.4) is 0 Å². The Hall–Kier alpha value is -1.59. The Balaban J connectivity index is -0.00000760. The Morgan fingerprint density at radius 2 is 1.14 bits per heavy atom. The van der Waals surface area contributed by atoms with Gasteiger partial charge in [0, 0.05) is 12.3 Å². The Bertz CT molecular complexity index is 1210. The number of rotatable bonds is 18. The van der Waals surface area contributed by atoms with Crippen molar-refractivity contribution in [1.82, 2.24) is 0 Å². The van der Waals surface area contributed by atoms with Crippen LogP contribution in [0.15, 0.2) is 0 Å². The second kappa shape index (κ2) is 32.3. The van der Waals surface area contributed by atoms with Crippen molar-refractivity contribution in [3.8, 4) is 71.0 Å². The summed E-state index contributed by atoms with van der Waals surface area (Å²) in [6.07, 6.45) is 11.2. The second-order valence-corrected chi connectivity index (χ2v) is 9.52. The number of hydrogen-bond acceptors (Lipinski definition) is 8. The van der Waals surface area contributed by atoms with Gasteiger partial charge < -0.3 is 28.3 Å². The molecule has 0 unspecified atom stereocenters. The molecule has 0 spiro atoms. The third-order valence-electron chi connectivity index (χ3n) is 4.95. The number of ether oxygens (including phenoxy) is 2. The van der Waals surface area contributed by atoms with Gasteiger partial charge in [0.15, 0.2) is 6.10 Å². The number of phosphoric acid groups is 1. The van der Waals surface area contributed by atoms with Crippen molar-refractivity contribution in [2.24, 2.45) is 0 Å². The summed E-state index contributed by atoms with van der Waals surface area (Å²) in [7, 11) is -5.31. The van der Waals surface area contributed by atoms with E-state index in [0.29, 0.717) is 6.42 Å². The van der Waals surface area contributed by atoms with Gasteiger partial charge in [-0.25, -0.2) is 4.79 Å². The summed E-state index contributed by atoms with van der Waals surface area (Å²) in [6, 6.07) is 0. The normalized spacial score (nSPS) is 9.52. The molecule has 0 aliphatic rings. The molecule has 0 aliphatic carbocycles. The van der Waals surface area contributed by atoms with Crippen molar-refractivity contribution in [3.63, 3.8) is 0 Å². The topological polar surface area (TPSA) is 125 Å². The summed E-state index contributed by atoms with van der Waals surface area (Å²) in [5, 5.41) is 0. The monoisotopic (exact) mass is 612 g/mol. The van der Waals surface area contributed by atoms with Gasteiger partial charge in [0.05, 0.1) is 14.4 Å². The van der Waals surface area contributed by atoms with Gasteiger partial charge in [-0.3, -0.25) is 4.79 Å². The fraction of sp³-hybridized carbons (Fsp3) is 0.548. The van der Waals surface area contributed by atoms with Crippen LogP contribution >= 0.6 is 7.82 Å². The molecule has 0 fully saturated rings. The summed E-state index contributed by atoms with van der Waals surface area (Å²) in [4.78, 5) is 45.5. The van der Waals surface area contributed by atoms with Gasteiger partial charge in [-0.2, -0.15) is 0 Å². The van der Waals surface area contributed by atoms with Gasteiger partial charge in [-0.05, 0) is 72.5 Å². The molecule has 0 heterocycles. The molecule has 0 saturated heterocycles. The van der Waals surface area contributed by atoms with Gasteiger partial charge in [0.25, 0.3) is 0 Å². The van der Waals surface area contributed by atoms with Gasteiger partial charge >= 0.3 is 71.1 Å². The smallest absolute Gasteiger partial charge is 0.790 e. The van der Waals surface area contributed by atoms with E-state index in [1.54, 1.807) is 6.92 Å². The minimum Gasteiger partial charge on any atom is -0.790 e. The predicted octanol–water partition coefficient (Wildman–Crippen LogP) is -2.96. The van der Waals surface area contributed by atoms with Crippen LogP contribution in [0.1, 0.15) is 90.9 Å². The van der Waals surface area contributed by atoms with Crippen LogP contribution < -0.4 is 68.9 Å². The maximum absolute atomic E-state index is 12.1. The molecule has 214 valence electrons. The first kappa shape index (κ1) is 44.8. The largest absolute Gasteiger partial charge is 1.00 e. The molecular formula is C31H35Na2O8P. The summed E-state index contributed by atoms with van der Waals surface area (Å²) in [6.45, 7) is 2.52. The maximum Gasteiger partial charge on any atom is 1.00 e. The first-order valence-electron chi connectivity index (χ1n) is 13.2. The zero-order valence-corrected chi connectivity index (χ0v) is 30.1. The predicted molar refractivity (Wildman–Crippen MR) is 148 cm³/mol. The number of phosphoric ester groups is 1. The number of carbonyl (C=O) groups is 2. The third-order valence-corrected chi connectivity index (χ3v) is 5.42. The molecule has 0 aromatic heterocycles. The fourth-order valence-corrected chi connectivity index (χ4v) is 3.42. The number of carbonyl (C=O) groups excluding carboxylic acids is 2. The van der Waals surface area contributed by atoms with E-state index in [9.17, 15) is 23.9 Å². The number of esters is 2. The summed E-state index contributed by atoms with van der Waals surface area (Å²) in [5.74, 6) is 27.1. The van der Waals surface area contributed by atoms with E-state index in [4.69, 9.17) is 9.47 Å². The molecule has 0 radical (unpaired) electrons. The molecule has 0 N–H and O–H groups in total. The zero-order valence-electron chi connectivity index (χ0n) is 25.2. The third kappa shape index (κ3) is 34.6. The van der Waals surface area contributed by atoms with E-state index in [-0.39, 0.29) is 65.5 Å². The van der Waals surface area contributed by atoms with Crippen molar-refractivity contribution >= 4 is 19.8 Å². The van der Waals surface area contributed by atoms with Crippen LogP contribution in [0.2, 0.25) is 0 Å². The molecule has 42 heavy (non-hydrogen) atoms. The van der Waals surface area contributed by atoms with E-state index >= 15 is 0 Å². The molecule has 11 heteroatoms. The molecule has 1 atom stereocenters. The van der Waals surface area contributed by atoms with Crippen molar-refractivity contribution in [3.05, 3.63) is 0 Å². The Labute approximate surface area is 295 Å². The molecule has 0 rings (SSSR count). The Morgan fingerprint density at radius 1 is 0.690 bits per heavy atom. The van der Waals surface area contributed by atoms with Gasteiger partial charge in [0.2, 0.25) is 0 Å². The number of unbranched alkanes of at least 4 members (excludes halogenated alkanes) is 10. The second-order valence-electron chi connectivity index (χ2n) is 8.36. The van der Waals surface area contributed by atoms with E-state index in [1.807, 2.05) is 0 Å². The van der Waals surface area contributed by atoms with Gasteiger partial charge in [-0.1, -0.05) is 77.1 Å². The average molecular weight is 613 g/mol.